The van der Waals surface area contributed by atoms with Gasteiger partial charge in [-0.05, 0) is 60.7 Å². The zero-order valence-electron chi connectivity index (χ0n) is 15.8. The first-order valence-electron chi connectivity index (χ1n) is 8.83. The van der Waals surface area contributed by atoms with Gasteiger partial charge < -0.3 is 9.47 Å². The highest BCUT2D eigenvalue weighted by atomic mass is 19.4. The van der Waals surface area contributed by atoms with Gasteiger partial charge >= 0.3 is 12.5 Å². The van der Waals surface area contributed by atoms with E-state index in [0.717, 1.165) is 12.1 Å². The van der Waals surface area contributed by atoms with E-state index in [2.05, 4.69) is 24.8 Å². The fraction of sp³-hybridized carbons (Fsp3) is 0.150. The van der Waals surface area contributed by atoms with Crippen LogP contribution in [-0.2, 0) is 0 Å². The van der Waals surface area contributed by atoms with Crippen molar-refractivity contribution in [2.45, 2.75) is 19.4 Å². The number of alkyl halides is 5. The van der Waals surface area contributed by atoms with E-state index in [1.165, 1.54) is 28.8 Å². The summed E-state index contributed by atoms with van der Waals surface area (Å²) in [5, 5.41) is 12.5. The SMILES string of the molecule is CC(F)(F)Oc1ccc(-c2ccc3nnc(-c4ccc(OC(F)(F)F)cc4)n3n2)cc1. The number of halogens is 5. The molecule has 4 rings (SSSR count). The monoisotopic (exact) mass is 436 g/mol. The van der Waals surface area contributed by atoms with Crippen LogP contribution in [0.5, 0.6) is 11.5 Å². The van der Waals surface area contributed by atoms with E-state index in [0.29, 0.717) is 35.2 Å². The summed E-state index contributed by atoms with van der Waals surface area (Å²) in [4.78, 5) is 0. The second-order valence-electron chi connectivity index (χ2n) is 6.52. The van der Waals surface area contributed by atoms with E-state index in [-0.39, 0.29) is 11.5 Å². The molecule has 4 aromatic rings. The lowest BCUT2D eigenvalue weighted by Crippen LogP contribution is -2.18. The molecular weight excluding hydrogens is 423 g/mol. The molecule has 0 atom stereocenters. The Morgan fingerprint density at radius 2 is 1.29 bits per heavy atom. The predicted molar refractivity (Wildman–Crippen MR) is 99.6 cm³/mol. The molecule has 0 fully saturated rings. The van der Waals surface area contributed by atoms with Gasteiger partial charge in [-0.2, -0.15) is 18.4 Å². The minimum Gasteiger partial charge on any atom is -0.433 e. The van der Waals surface area contributed by atoms with Crippen molar-refractivity contribution in [3.8, 4) is 34.1 Å². The summed E-state index contributed by atoms with van der Waals surface area (Å²) in [5.74, 6) is -0.0526. The number of hydrogen-bond acceptors (Lipinski definition) is 5. The molecule has 2 heterocycles. The lowest BCUT2D eigenvalue weighted by atomic mass is 10.1. The summed E-state index contributed by atoms with van der Waals surface area (Å²) in [6, 6.07) is 14.4. The van der Waals surface area contributed by atoms with Gasteiger partial charge in [-0.15, -0.1) is 23.4 Å². The summed E-state index contributed by atoms with van der Waals surface area (Å²) in [5.41, 5.74) is 2.02. The Morgan fingerprint density at radius 1 is 0.710 bits per heavy atom. The van der Waals surface area contributed by atoms with Crippen molar-refractivity contribution in [1.82, 2.24) is 19.8 Å². The molecule has 0 aliphatic rings. The third-order valence-corrected chi connectivity index (χ3v) is 4.06. The first-order chi connectivity index (χ1) is 14.6. The molecule has 0 unspecified atom stereocenters. The minimum absolute atomic E-state index is 0.00322. The highest BCUT2D eigenvalue weighted by molar-refractivity contribution is 5.64. The van der Waals surface area contributed by atoms with Gasteiger partial charge in [0.1, 0.15) is 11.5 Å². The van der Waals surface area contributed by atoms with E-state index < -0.39 is 12.5 Å². The summed E-state index contributed by atoms with van der Waals surface area (Å²) < 4.78 is 72.7. The quantitative estimate of drug-likeness (QED) is 0.395. The second kappa shape index (κ2) is 7.49. The minimum atomic E-state index is -4.78. The molecule has 6 nitrogen and oxygen atoms in total. The molecule has 0 saturated carbocycles. The maximum atomic E-state index is 13.0. The highest BCUT2D eigenvalue weighted by Crippen LogP contribution is 2.28. The number of ether oxygens (including phenoxy) is 2. The van der Waals surface area contributed by atoms with E-state index in [4.69, 9.17) is 0 Å². The van der Waals surface area contributed by atoms with E-state index in [9.17, 15) is 22.0 Å². The molecule has 0 spiro atoms. The number of fused-ring (bicyclic) bond motifs is 1. The van der Waals surface area contributed by atoms with Crippen LogP contribution in [0.1, 0.15) is 6.92 Å². The van der Waals surface area contributed by atoms with Crippen LogP contribution in [-0.4, -0.2) is 32.3 Å². The molecule has 11 heteroatoms. The van der Waals surface area contributed by atoms with Gasteiger partial charge in [-0.25, -0.2) is 0 Å². The van der Waals surface area contributed by atoms with Crippen LogP contribution < -0.4 is 9.47 Å². The van der Waals surface area contributed by atoms with Gasteiger partial charge in [0.25, 0.3) is 0 Å². The molecule has 0 aliphatic carbocycles. The summed E-state index contributed by atoms with van der Waals surface area (Å²) >= 11 is 0. The Balaban J connectivity index is 1.64. The Morgan fingerprint density at radius 3 is 1.87 bits per heavy atom. The summed E-state index contributed by atoms with van der Waals surface area (Å²) in [7, 11) is 0. The van der Waals surface area contributed by atoms with Crippen molar-refractivity contribution in [2.24, 2.45) is 0 Å². The first-order valence-corrected chi connectivity index (χ1v) is 8.83. The third-order valence-electron chi connectivity index (χ3n) is 4.06. The number of aromatic nitrogens is 4. The Kier molecular flexibility index (Phi) is 4.96. The van der Waals surface area contributed by atoms with Gasteiger partial charge in [-0.1, -0.05) is 0 Å². The Hall–Kier alpha value is -3.76. The molecule has 160 valence electrons. The number of rotatable bonds is 5. The van der Waals surface area contributed by atoms with Crippen LogP contribution in [0.25, 0.3) is 28.3 Å². The lowest BCUT2D eigenvalue weighted by molar-refractivity contribution is -0.274. The molecule has 0 amide bonds. The van der Waals surface area contributed by atoms with Crippen molar-refractivity contribution in [3.63, 3.8) is 0 Å². The average molecular weight is 436 g/mol. The van der Waals surface area contributed by atoms with Crippen LogP contribution in [0.3, 0.4) is 0 Å². The van der Waals surface area contributed by atoms with Crippen LogP contribution in [0.2, 0.25) is 0 Å². The van der Waals surface area contributed by atoms with Crippen LogP contribution in [0.15, 0.2) is 60.7 Å². The van der Waals surface area contributed by atoms with Crippen LogP contribution in [0, 0.1) is 0 Å². The van der Waals surface area contributed by atoms with Crippen molar-refractivity contribution in [2.75, 3.05) is 0 Å². The third kappa shape index (κ3) is 4.87. The zero-order chi connectivity index (χ0) is 22.2. The van der Waals surface area contributed by atoms with Gasteiger partial charge in [0.15, 0.2) is 11.5 Å². The van der Waals surface area contributed by atoms with E-state index in [1.54, 1.807) is 24.3 Å². The molecular formula is C20H13F5N4O2. The van der Waals surface area contributed by atoms with Crippen molar-refractivity contribution in [3.05, 3.63) is 60.7 Å². The second-order valence-corrected chi connectivity index (χ2v) is 6.52. The highest BCUT2D eigenvalue weighted by Gasteiger charge is 2.31. The largest absolute Gasteiger partial charge is 0.573 e. The Bertz CT molecular complexity index is 1200. The normalized spacial score (nSPS) is 12.2. The van der Waals surface area contributed by atoms with Crippen molar-refractivity contribution in [1.29, 1.82) is 0 Å². The fourth-order valence-electron chi connectivity index (χ4n) is 2.83. The zero-order valence-corrected chi connectivity index (χ0v) is 15.8. The molecule has 31 heavy (non-hydrogen) atoms. The maximum Gasteiger partial charge on any atom is 0.573 e. The predicted octanol–water partition coefficient (Wildman–Crippen LogP) is 5.35. The molecule has 0 aliphatic heterocycles. The number of hydrogen-bond donors (Lipinski definition) is 0. The molecule has 0 N–H and O–H groups in total. The van der Waals surface area contributed by atoms with Gasteiger partial charge in [0.2, 0.25) is 0 Å². The van der Waals surface area contributed by atoms with Crippen molar-refractivity contribution >= 4 is 5.65 Å². The van der Waals surface area contributed by atoms with Crippen LogP contribution >= 0.6 is 0 Å². The Labute approximate surface area is 171 Å². The van der Waals surface area contributed by atoms with Gasteiger partial charge in [0, 0.05) is 18.1 Å². The topological polar surface area (TPSA) is 61.5 Å². The van der Waals surface area contributed by atoms with Crippen LogP contribution in [0.4, 0.5) is 22.0 Å². The van der Waals surface area contributed by atoms with Gasteiger partial charge in [0.05, 0.1) is 5.69 Å². The van der Waals surface area contributed by atoms with Gasteiger partial charge in [-0.3, -0.25) is 0 Å². The molecule has 2 aromatic carbocycles. The molecule has 0 saturated heterocycles. The van der Waals surface area contributed by atoms with Crippen molar-refractivity contribution < 1.29 is 31.4 Å². The summed E-state index contributed by atoms with van der Waals surface area (Å²) in [6.45, 7) is 0.645. The van der Waals surface area contributed by atoms with E-state index in [1.807, 2.05) is 0 Å². The smallest absolute Gasteiger partial charge is 0.433 e. The maximum absolute atomic E-state index is 13.0. The first kappa shape index (κ1) is 20.5. The standard InChI is InChI=1S/C20H13F5N4O2/c1-19(21,22)30-14-6-2-12(3-7-14)16-10-11-17-26-27-18(29(17)28-16)13-4-8-15(9-5-13)31-20(23,24)25/h2-11H,1H3. The molecule has 0 bridgehead atoms. The fourth-order valence-corrected chi connectivity index (χ4v) is 2.83. The summed E-state index contributed by atoms with van der Waals surface area (Å²) in [6.07, 6.45) is -8.08. The number of benzene rings is 2. The lowest BCUT2D eigenvalue weighted by Gasteiger charge is -2.13. The molecule has 2 aromatic heterocycles. The average Bonchev–Trinajstić information content (AvgIpc) is 3.10. The molecule has 0 radical (unpaired) electrons. The van der Waals surface area contributed by atoms with E-state index >= 15 is 0 Å². The number of nitrogens with zero attached hydrogens (tertiary/aromatic N) is 4.